The minimum atomic E-state index is -0.925. The van der Waals surface area contributed by atoms with E-state index in [4.69, 9.17) is 0 Å². The van der Waals surface area contributed by atoms with Crippen LogP contribution in [-0.4, -0.2) is 37.4 Å². The molecule has 0 bridgehead atoms. The highest BCUT2D eigenvalue weighted by Crippen LogP contribution is 2.35. The van der Waals surface area contributed by atoms with Crippen LogP contribution in [0.4, 0.5) is 5.13 Å². The Labute approximate surface area is 211 Å². The Morgan fingerprint density at radius 2 is 1.71 bits per heavy atom. The first-order valence-electron chi connectivity index (χ1n) is 10.7. The van der Waals surface area contributed by atoms with Gasteiger partial charge in [-0.25, -0.2) is 4.98 Å². The number of anilines is 1. The molecule has 34 heavy (non-hydrogen) atoms. The average Bonchev–Trinajstić information content (AvgIpc) is 3.46. The van der Waals surface area contributed by atoms with Crippen molar-refractivity contribution < 1.29 is 15.0 Å². The first kappa shape index (κ1) is 24.3. The van der Waals surface area contributed by atoms with Crippen molar-refractivity contribution in [2.45, 2.75) is 35.9 Å². The van der Waals surface area contributed by atoms with E-state index >= 15 is 0 Å². The Balaban J connectivity index is 1.45. The largest absolute Gasteiger partial charge is 0.493 e. The molecule has 0 atom stereocenters. The van der Waals surface area contributed by atoms with Gasteiger partial charge in [-0.2, -0.15) is 4.98 Å². The van der Waals surface area contributed by atoms with Gasteiger partial charge in [-0.1, -0.05) is 66.4 Å². The second-order valence-electron chi connectivity index (χ2n) is 8.25. The predicted molar refractivity (Wildman–Crippen MR) is 140 cm³/mol. The number of carboxylic acids is 1. The van der Waals surface area contributed by atoms with E-state index in [1.807, 2.05) is 23.6 Å². The summed E-state index contributed by atoms with van der Waals surface area (Å²) in [6.45, 7) is 4.69. The van der Waals surface area contributed by atoms with Gasteiger partial charge in [0.05, 0.1) is 11.1 Å². The molecule has 4 aromatic rings. The van der Waals surface area contributed by atoms with Gasteiger partial charge in [0.2, 0.25) is 5.88 Å². The van der Waals surface area contributed by atoms with Crippen molar-refractivity contribution >= 4 is 45.5 Å². The summed E-state index contributed by atoms with van der Waals surface area (Å²) >= 11 is 4.13. The molecule has 0 spiro atoms. The Kier molecular flexibility index (Phi) is 7.55. The van der Waals surface area contributed by atoms with Gasteiger partial charge in [0.15, 0.2) is 9.47 Å². The average molecular weight is 512 g/mol. The number of hydrogen-bond acceptors (Lipinski definition) is 8. The summed E-state index contributed by atoms with van der Waals surface area (Å²) in [6.07, 6.45) is 0.688. The van der Waals surface area contributed by atoms with E-state index in [9.17, 15) is 15.0 Å². The third-order valence-electron chi connectivity index (χ3n) is 5.21. The molecule has 0 saturated heterocycles. The van der Waals surface area contributed by atoms with Gasteiger partial charge < -0.3 is 15.1 Å². The molecule has 0 unspecified atom stereocenters. The first-order chi connectivity index (χ1) is 16.3. The van der Waals surface area contributed by atoms with Crippen LogP contribution in [0.15, 0.2) is 69.7 Å². The maximum Gasteiger partial charge on any atom is 0.319 e. The van der Waals surface area contributed by atoms with E-state index in [2.05, 4.69) is 51.3 Å². The van der Waals surface area contributed by atoms with Crippen LogP contribution in [0.2, 0.25) is 0 Å². The van der Waals surface area contributed by atoms with Crippen LogP contribution in [0.25, 0.3) is 11.1 Å². The van der Waals surface area contributed by atoms with Crippen molar-refractivity contribution in [2.75, 3.05) is 11.4 Å². The van der Waals surface area contributed by atoms with Crippen LogP contribution in [0, 0.1) is 0 Å². The highest BCUT2D eigenvalue weighted by Gasteiger charge is 2.29. The van der Waals surface area contributed by atoms with Gasteiger partial charge in [0.25, 0.3) is 0 Å². The highest BCUT2D eigenvalue weighted by molar-refractivity contribution is 8.03. The van der Waals surface area contributed by atoms with Crippen LogP contribution in [-0.2, 0) is 17.8 Å². The summed E-state index contributed by atoms with van der Waals surface area (Å²) in [4.78, 5) is 22.4. The molecule has 2 heterocycles. The molecule has 0 radical (unpaired) electrons. The molecule has 6 nitrogen and oxygen atoms in total. The summed E-state index contributed by atoms with van der Waals surface area (Å²) < 4.78 is -0.178. The number of aliphatic carboxylic acids is 1. The zero-order valence-electron chi connectivity index (χ0n) is 18.8. The van der Waals surface area contributed by atoms with Crippen LogP contribution in [0.1, 0.15) is 25.1 Å². The van der Waals surface area contributed by atoms with Crippen molar-refractivity contribution in [2.24, 2.45) is 0 Å². The molecule has 0 saturated carbocycles. The molecular weight excluding hydrogens is 486 g/mol. The van der Waals surface area contributed by atoms with Gasteiger partial charge in [-0.15, -0.1) is 22.7 Å². The van der Waals surface area contributed by atoms with Gasteiger partial charge in [-0.3, -0.25) is 4.79 Å². The number of rotatable bonds is 10. The zero-order valence-corrected chi connectivity index (χ0v) is 21.3. The lowest BCUT2D eigenvalue weighted by atomic mass is 10.0. The fraction of sp³-hybridized carbons (Fsp3) is 0.240. The number of nitrogens with zero attached hydrogens (tertiary/aromatic N) is 3. The van der Waals surface area contributed by atoms with Crippen LogP contribution < -0.4 is 4.90 Å². The summed E-state index contributed by atoms with van der Waals surface area (Å²) in [6, 6.07) is 18.7. The van der Waals surface area contributed by atoms with Crippen LogP contribution in [0.5, 0.6) is 5.88 Å². The third-order valence-corrected chi connectivity index (χ3v) is 8.27. The molecule has 0 aliphatic carbocycles. The van der Waals surface area contributed by atoms with E-state index < -0.39 is 10.7 Å². The standard InChI is InChI=1S/C25H25N3O3S3/c1-25(2,22(30)31)34-24-26-20(15-33-24)12-13-28(23-27-21(29)16-32-23)14-17-8-10-19(11-9-17)18-6-4-3-5-7-18/h3-11,15-16,29H,12-14H2,1-2H3,(H,30,31). The number of hydrogen-bond donors (Lipinski definition) is 2. The van der Waals surface area contributed by atoms with Crippen molar-refractivity contribution in [1.82, 2.24) is 9.97 Å². The second kappa shape index (κ2) is 10.6. The molecule has 9 heteroatoms. The molecule has 4 rings (SSSR count). The summed E-state index contributed by atoms with van der Waals surface area (Å²) in [7, 11) is 0. The zero-order chi connectivity index (χ0) is 24.1. The normalized spacial score (nSPS) is 11.5. The van der Waals surface area contributed by atoms with Gasteiger partial charge >= 0.3 is 5.97 Å². The van der Waals surface area contributed by atoms with Crippen molar-refractivity contribution in [1.29, 1.82) is 0 Å². The Morgan fingerprint density at radius 3 is 2.35 bits per heavy atom. The fourth-order valence-corrected chi connectivity index (χ4v) is 6.20. The SMILES string of the molecule is CC(C)(Sc1nc(CCN(Cc2ccc(-c3ccccc3)cc2)c2nc(O)cs2)cs1)C(=O)O. The highest BCUT2D eigenvalue weighted by atomic mass is 32.2. The smallest absolute Gasteiger partial charge is 0.319 e. The molecule has 176 valence electrons. The van der Waals surface area contributed by atoms with Crippen molar-refractivity contribution in [3.8, 4) is 17.0 Å². The van der Waals surface area contributed by atoms with Gasteiger partial charge in [-0.05, 0) is 30.5 Å². The maximum absolute atomic E-state index is 11.4. The second-order valence-corrected chi connectivity index (χ2v) is 11.8. The number of thiazole rings is 2. The minimum absolute atomic E-state index is 0.0210. The molecule has 2 aromatic carbocycles. The maximum atomic E-state index is 11.4. The molecule has 0 aliphatic rings. The lowest BCUT2D eigenvalue weighted by molar-refractivity contribution is -0.138. The Morgan fingerprint density at radius 1 is 1.00 bits per heavy atom. The molecule has 0 fully saturated rings. The fourth-order valence-electron chi connectivity index (χ4n) is 3.26. The lowest BCUT2D eigenvalue weighted by Gasteiger charge is -2.21. The quantitative estimate of drug-likeness (QED) is 0.246. The number of benzene rings is 2. The van der Waals surface area contributed by atoms with Gasteiger partial charge in [0, 0.05) is 24.9 Å². The third kappa shape index (κ3) is 6.16. The van der Waals surface area contributed by atoms with Crippen molar-refractivity contribution in [3.05, 3.63) is 76.6 Å². The van der Waals surface area contributed by atoms with Crippen LogP contribution in [0.3, 0.4) is 0 Å². The summed E-state index contributed by atoms with van der Waals surface area (Å²) in [5, 5.41) is 23.5. The van der Waals surface area contributed by atoms with Crippen LogP contribution >= 0.6 is 34.4 Å². The molecule has 0 aliphatic heterocycles. The molecule has 0 amide bonds. The minimum Gasteiger partial charge on any atom is -0.493 e. The molecular formula is C25H25N3O3S3. The van der Waals surface area contributed by atoms with Crippen molar-refractivity contribution in [3.63, 3.8) is 0 Å². The van der Waals surface area contributed by atoms with E-state index in [0.717, 1.165) is 20.7 Å². The predicted octanol–water partition coefficient (Wildman–Crippen LogP) is 6.18. The van der Waals surface area contributed by atoms with E-state index in [-0.39, 0.29) is 5.88 Å². The lowest BCUT2D eigenvalue weighted by Crippen LogP contribution is -2.27. The number of aromatic hydroxyl groups is 1. The molecule has 2 aromatic heterocycles. The number of carboxylic acid groups (broad SMARTS) is 1. The number of carbonyl (C=O) groups is 1. The molecule has 2 N–H and O–H groups in total. The topological polar surface area (TPSA) is 86.5 Å². The monoisotopic (exact) mass is 511 g/mol. The Hall–Kier alpha value is -2.88. The number of aromatic nitrogens is 2. The Bertz CT molecular complexity index is 1240. The number of thioether (sulfide) groups is 1. The van der Waals surface area contributed by atoms with E-state index in [0.29, 0.717) is 19.5 Å². The van der Waals surface area contributed by atoms with E-state index in [1.54, 1.807) is 19.2 Å². The van der Waals surface area contributed by atoms with E-state index in [1.165, 1.54) is 45.6 Å². The summed E-state index contributed by atoms with van der Waals surface area (Å²) in [5.41, 5.74) is 4.41. The van der Waals surface area contributed by atoms with Gasteiger partial charge in [0.1, 0.15) is 4.75 Å². The summed E-state index contributed by atoms with van der Waals surface area (Å²) in [5.74, 6) is -0.838. The first-order valence-corrected chi connectivity index (χ1v) is 13.3.